The van der Waals surface area contributed by atoms with Crippen LogP contribution < -0.4 is 10.5 Å². The van der Waals surface area contributed by atoms with E-state index in [4.69, 9.17) is 5.73 Å². The molecule has 1 saturated heterocycles. The Labute approximate surface area is 123 Å². The first-order valence-corrected chi connectivity index (χ1v) is 9.17. The third kappa shape index (κ3) is 3.52. The summed E-state index contributed by atoms with van der Waals surface area (Å²) in [5, 5.41) is 0. The highest BCUT2D eigenvalue weighted by Crippen LogP contribution is 2.22. The quantitative estimate of drug-likeness (QED) is 0.887. The van der Waals surface area contributed by atoms with Gasteiger partial charge in [-0.3, -0.25) is 0 Å². The van der Waals surface area contributed by atoms with Gasteiger partial charge in [0.05, 0.1) is 4.90 Å². The van der Waals surface area contributed by atoms with Crippen molar-refractivity contribution in [3.05, 3.63) is 29.1 Å². The number of nitrogens with two attached hydrogens (primary N) is 1. The number of halogens is 1. The molecule has 1 heterocycles. The number of hydrogen-bond acceptors (Lipinski definition) is 4. The molecule has 0 spiro atoms. The summed E-state index contributed by atoms with van der Waals surface area (Å²) in [5.41, 5.74) is 5.98. The van der Waals surface area contributed by atoms with Gasteiger partial charge in [-0.1, -0.05) is 0 Å². The van der Waals surface area contributed by atoms with E-state index in [0.29, 0.717) is 5.56 Å². The average Bonchev–Trinajstić information content (AvgIpc) is 2.42. The van der Waals surface area contributed by atoms with E-state index in [1.54, 1.807) is 6.92 Å². The maximum atomic E-state index is 13.7. The van der Waals surface area contributed by atoms with Gasteiger partial charge in [0.1, 0.15) is 5.82 Å². The lowest BCUT2D eigenvalue weighted by atomic mass is 10.1. The van der Waals surface area contributed by atoms with Gasteiger partial charge in [0, 0.05) is 18.2 Å². The van der Waals surface area contributed by atoms with Gasteiger partial charge in [0.25, 0.3) is 0 Å². The fourth-order valence-corrected chi connectivity index (χ4v) is 4.76. The number of benzene rings is 1. The summed E-state index contributed by atoms with van der Waals surface area (Å²) in [7, 11) is -3.61. The molecule has 0 amide bonds. The van der Waals surface area contributed by atoms with Crippen LogP contribution in [0.2, 0.25) is 0 Å². The van der Waals surface area contributed by atoms with E-state index in [1.807, 2.05) is 11.8 Å². The number of sulfonamides is 1. The third-order valence-electron chi connectivity index (χ3n) is 3.38. The van der Waals surface area contributed by atoms with E-state index >= 15 is 0 Å². The van der Waals surface area contributed by atoms with E-state index in [1.165, 1.54) is 12.1 Å². The summed E-state index contributed by atoms with van der Waals surface area (Å²) in [6, 6.07) is 2.64. The van der Waals surface area contributed by atoms with Crippen LogP contribution in [0.25, 0.3) is 0 Å². The molecule has 112 valence electrons. The molecule has 1 fully saturated rings. The fourth-order valence-electron chi connectivity index (χ4n) is 2.21. The van der Waals surface area contributed by atoms with Crippen LogP contribution in [0.3, 0.4) is 0 Å². The molecule has 1 aliphatic heterocycles. The fraction of sp³-hybridized carbons (Fsp3) is 0.538. The molecule has 0 bridgehead atoms. The molecule has 1 aromatic carbocycles. The first kappa shape index (κ1) is 15.8. The van der Waals surface area contributed by atoms with Gasteiger partial charge < -0.3 is 5.73 Å². The first-order chi connectivity index (χ1) is 9.44. The third-order valence-corrected chi connectivity index (χ3v) is 5.93. The second-order valence-corrected chi connectivity index (χ2v) is 7.86. The summed E-state index contributed by atoms with van der Waals surface area (Å²) in [5.74, 6) is 1.49. The second-order valence-electron chi connectivity index (χ2n) is 4.93. The first-order valence-electron chi connectivity index (χ1n) is 6.53. The molecule has 0 atom stereocenters. The highest BCUT2D eigenvalue weighted by molar-refractivity contribution is 7.99. The predicted molar refractivity (Wildman–Crippen MR) is 79.7 cm³/mol. The van der Waals surface area contributed by atoms with Crippen molar-refractivity contribution in [2.75, 3.05) is 11.5 Å². The molecule has 7 heteroatoms. The average molecular weight is 318 g/mol. The maximum absolute atomic E-state index is 13.7. The molecule has 4 nitrogen and oxygen atoms in total. The van der Waals surface area contributed by atoms with Crippen molar-refractivity contribution in [3.8, 4) is 0 Å². The van der Waals surface area contributed by atoms with Crippen LogP contribution in [-0.2, 0) is 16.6 Å². The largest absolute Gasteiger partial charge is 0.326 e. The zero-order valence-corrected chi connectivity index (χ0v) is 13.0. The molecule has 0 aliphatic carbocycles. The van der Waals surface area contributed by atoms with Gasteiger partial charge in [-0.05, 0) is 49.0 Å². The predicted octanol–water partition coefficient (Wildman–Crippen LogP) is 1.77. The van der Waals surface area contributed by atoms with Gasteiger partial charge in [0.2, 0.25) is 10.0 Å². The Bertz CT molecular complexity index is 584. The number of aryl methyl sites for hydroxylation is 1. The molecule has 2 rings (SSSR count). The van der Waals surface area contributed by atoms with Crippen molar-refractivity contribution in [1.82, 2.24) is 4.72 Å². The van der Waals surface area contributed by atoms with E-state index in [2.05, 4.69) is 4.72 Å². The van der Waals surface area contributed by atoms with Crippen LogP contribution in [0.5, 0.6) is 0 Å². The maximum Gasteiger partial charge on any atom is 0.240 e. The second kappa shape index (κ2) is 6.43. The lowest BCUT2D eigenvalue weighted by molar-refractivity contribution is 0.528. The van der Waals surface area contributed by atoms with Crippen molar-refractivity contribution in [3.63, 3.8) is 0 Å². The molecule has 3 N–H and O–H groups in total. The Morgan fingerprint density at radius 1 is 1.40 bits per heavy atom. The van der Waals surface area contributed by atoms with Crippen LogP contribution >= 0.6 is 11.8 Å². The van der Waals surface area contributed by atoms with Crippen molar-refractivity contribution >= 4 is 21.8 Å². The van der Waals surface area contributed by atoms with Crippen LogP contribution in [0.15, 0.2) is 17.0 Å². The lowest BCUT2D eigenvalue weighted by Crippen LogP contribution is -2.37. The Balaban J connectivity index is 2.26. The molecule has 0 unspecified atom stereocenters. The number of thioether (sulfide) groups is 1. The van der Waals surface area contributed by atoms with Crippen LogP contribution in [0.1, 0.15) is 24.0 Å². The molecule has 1 aliphatic rings. The standard InChI is InChI=1S/C13H19FN2O2S2/c1-9-6-12(7-10(8-15)13(9)14)20(17,18)16-11-2-4-19-5-3-11/h6-7,11,16H,2-5,8,15H2,1H3. The van der Waals surface area contributed by atoms with Gasteiger partial charge in [-0.15, -0.1) is 0 Å². The van der Waals surface area contributed by atoms with Gasteiger partial charge in [0.15, 0.2) is 0 Å². The minimum atomic E-state index is -3.61. The van der Waals surface area contributed by atoms with E-state index < -0.39 is 15.8 Å². The topological polar surface area (TPSA) is 72.2 Å². The van der Waals surface area contributed by atoms with E-state index in [-0.39, 0.29) is 23.0 Å². The van der Waals surface area contributed by atoms with E-state index in [9.17, 15) is 12.8 Å². The van der Waals surface area contributed by atoms with Crippen molar-refractivity contribution < 1.29 is 12.8 Å². The Kier molecular flexibility index (Phi) is 5.06. The molecule has 20 heavy (non-hydrogen) atoms. The Hall–Kier alpha value is -0.630. The van der Waals surface area contributed by atoms with Crippen LogP contribution in [0.4, 0.5) is 4.39 Å². The highest BCUT2D eigenvalue weighted by Gasteiger charge is 2.23. The smallest absolute Gasteiger partial charge is 0.240 e. The van der Waals surface area contributed by atoms with Gasteiger partial charge >= 0.3 is 0 Å². The molecule has 0 radical (unpaired) electrons. The van der Waals surface area contributed by atoms with Crippen molar-refractivity contribution in [2.45, 2.75) is 37.2 Å². The normalized spacial score (nSPS) is 17.4. The lowest BCUT2D eigenvalue weighted by Gasteiger charge is -2.22. The summed E-state index contributed by atoms with van der Waals surface area (Å²) < 4.78 is 41.1. The van der Waals surface area contributed by atoms with Gasteiger partial charge in [-0.2, -0.15) is 11.8 Å². The number of hydrogen-bond donors (Lipinski definition) is 2. The van der Waals surface area contributed by atoms with Crippen LogP contribution in [0, 0.1) is 12.7 Å². The summed E-state index contributed by atoms with van der Waals surface area (Å²) in [6.07, 6.45) is 1.65. The Morgan fingerprint density at radius 2 is 2.05 bits per heavy atom. The number of rotatable bonds is 4. The van der Waals surface area contributed by atoms with Crippen molar-refractivity contribution in [1.29, 1.82) is 0 Å². The zero-order chi connectivity index (χ0) is 14.8. The minimum absolute atomic E-state index is 0.0178. The zero-order valence-electron chi connectivity index (χ0n) is 11.4. The number of nitrogens with one attached hydrogen (secondary N) is 1. The minimum Gasteiger partial charge on any atom is -0.326 e. The SMILES string of the molecule is Cc1cc(S(=O)(=O)NC2CCSCC2)cc(CN)c1F. The molecular formula is C13H19FN2O2S2. The molecule has 0 saturated carbocycles. The molecular weight excluding hydrogens is 299 g/mol. The summed E-state index contributed by atoms with van der Waals surface area (Å²) >= 11 is 1.83. The summed E-state index contributed by atoms with van der Waals surface area (Å²) in [4.78, 5) is 0.0927. The van der Waals surface area contributed by atoms with Crippen LogP contribution in [-0.4, -0.2) is 26.0 Å². The van der Waals surface area contributed by atoms with E-state index in [0.717, 1.165) is 24.3 Å². The highest BCUT2D eigenvalue weighted by atomic mass is 32.2. The summed E-state index contributed by atoms with van der Waals surface area (Å²) in [6.45, 7) is 1.53. The van der Waals surface area contributed by atoms with Gasteiger partial charge in [-0.25, -0.2) is 17.5 Å². The molecule has 0 aromatic heterocycles. The monoisotopic (exact) mass is 318 g/mol. The van der Waals surface area contributed by atoms with Crippen molar-refractivity contribution in [2.24, 2.45) is 5.73 Å². The Morgan fingerprint density at radius 3 is 2.65 bits per heavy atom. The molecule has 1 aromatic rings.